The van der Waals surface area contributed by atoms with Gasteiger partial charge in [0.2, 0.25) is 0 Å². The molecule has 1 heteroatoms. The van der Waals surface area contributed by atoms with Crippen LogP contribution in [0.4, 0.5) is 0 Å². The summed E-state index contributed by atoms with van der Waals surface area (Å²) in [6, 6.07) is 18.9. The van der Waals surface area contributed by atoms with Gasteiger partial charge in [0, 0.05) is 0 Å². The number of hydrogen-bond acceptors (Lipinski definition) is 1. The Morgan fingerprint density at radius 3 is 2.11 bits per heavy atom. The van der Waals surface area contributed by atoms with Gasteiger partial charge in [-0.1, -0.05) is 54.6 Å². The molecular weight excluding hydrogens is 220 g/mol. The quantitative estimate of drug-likeness (QED) is 0.757. The fourth-order valence-electron chi connectivity index (χ4n) is 1.84. The van der Waals surface area contributed by atoms with Crippen LogP contribution in [0.5, 0.6) is 0 Å². The summed E-state index contributed by atoms with van der Waals surface area (Å²) in [6.45, 7) is 6.89. The number of rotatable bonds is 3. The highest BCUT2D eigenvalue weighted by Crippen LogP contribution is 2.25. The van der Waals surface area contributed by atoms with Gasteiger partial charge in [-0.25, -0.2) is 0 Å². The molecule has 0 heterocycles. The molecule has 2 rings (SSSR count). The van der Waals surface area contributed by atoms with E-state index < -0.39 is 0 Å². The first-order chi connectivity index (χ1) is 8.56. The maximum absolute atomic E-state index is 5.88. The van der Waals surface area contributed by atoms with Gasteiger partial charge < -0.3 is 4.74 Å². The minimum atomic E-state index is -0.107. The summed E-state index contributed by atoms with van der Waals surface area (Å²) in [5.74, 6) is 0. The molecule has 1 nitrogen and oxygen atoms in total. The molecule has 18 heavy (non-hydrogen) atoms. The normalized spacial score (nSPS) is 11.5. The van der Waals surface area contributed by atoms with Crippen LogP contribution in [-0.4, -0.2) is 5.60 Å². The van der Waals surface area contributed by atoms with Gasteiger partial charge in [0.05, 0.1) is 12.2 Å². The first-order valence-electron chi connectivity index (χ1n) is 6.33. The maximum atomic E-state index is 5.88. The minimum absolute atomic E-state index is 0.107. The van der Waals surface area contributed by atoms with E-state index in [2.05, 4.69) is 69.3 Å². The van der Waals surface area contributed by atoms with Gasteiger partial charge in [-0.2, -0.15) is 0 Å². The highest BCUT2D eigenvalue weighted by atomic mass is 16.5. The molecule has 0 aliphatic rings. The smallest absolute Gasteiger partial charge is 0.0730 e. The van der Waals surface area contributed by atoms with E-state index in [-0.39, 0.29) is 5.60 Å². The first-order valence-corrected chi connectivity index (χ1v) is 6.33. The van der Waals surface area contributed by atoms with E-state index in [4.69, 9.17) is 4.74 Å². The van der Waals surface area contributed by atoms with Crippen LogP contribution in [0.25, 0.3) is 11.1 Å². The van der Waals surface area contributed by atoms with Crippen molar-refractivity contribution >= 4 is 0 Å². The number of benzene rings is 2. The van der Waals surface area contributed by atoms with E-state index in [1.54, 1.807) is 0 Å². The molecule has 0 saturated carbocycles. The van der Waals surface area contributed by atoms with Crippen molar-refractivity contribution in [3.05, 3.63) is 60.2 Å². The SMILES string of the molecule is CC(C)(C)OCc1ccccc1-c1ccccc1. The van der Waals surface area contributed by atoms with Crippen molar-refractivity contribution in [2.75, 3.05) is 0 Å². The Kier molecular flexibility index (Phi) is 3.83. The van der Waals surface area contributed by atoms with Crippen LogP contribution >= 0.6 is 0 Å². The lowest BCUT2D eigenvalue weighted by molar-refractivity contribution is -0.0147. The van der Waals surface area contributed by atoms with E-state index in [0.717, 1.165) is 0 Å². The Balaban J connectivity index is 2.27. The van der Waals surface area contributed by atoms with Crippen molar-refractivity contribution in [1.82, 2.24) is 0 Å². The highest BCUT2D eigenvalue weighted by molar-refractivity contribution is 5.66. The van der Waals surface area contributed by atoms with Crippen molar-refractivity contribution in [3.63, 3.8) is 0 Å². The molecule has 2 aromatic rings. The lowest BCUT2D eigenvalue weighted by Gasteiger charge is -2.20. The van der Waals surface area contributed by atoms with Crippen LogP contribution < -0.4 is 0 Å². The Morgan fingerprint density at radius 2 is 1.44 bits per heavy atom. The summed E-state index contributed by atoms with van der Waals surface area (Å²) in [4.78, 5) is 0. The van der Waals surface area contributed by atoms with Crippen LogP contribution in [0.1, 0.15) is 26.3 Å². The molecule has 0 fully saturated rings. The van der Waals surface area contributed by atoms with Crippen LogP contribution in [0.3, 0.4) is 0 Å². The van der Waals surface area contributed by atoms with E-state index in [0.29, 0.717) is 6.61 Å². The van der Waals surface area contributed by atoms with Crippen molar-refractivity contribution < 1.29 is 4.74 Å². The Bertz CT molecular complexity index is 495. The monoisotopic (exact) mass is 240 g/mol. The summed E-state index contributed by atoms with van der Waals surface area (Å²) in [6.07, 6.45) is 0. The Hall–Kier alpha value is -1.60. The zero-order chi connectivity index (χ0) is 13.0. The molecule has 0 aliphatic carbocycles. The van der Waals surface area contributed by atoms with E-state index >= 15 is 0 Å². The van der Waals surface area contributed by atoms with Gasteiger partial charge >= 0.3 is 0 Å². The standard InChI is InChI=1S/C17H20O/c1-17(2,3)18-13-15-11-7-8-12-16(15)14-9-5-4-6-10-14/h4-12H,13H2,1-3H3. The van der Waals surface area contributed by atoms with Gasteiger partial charge in [-0.05, 0) is 37.5 Å². The molecule has 0 bridgehead atoms. The average Bonchev–Trinajstić information content (AvgIpc) is 2.37. The Labute approximate surface area is 109 Å². The third-order valence-corrected chi connectivity index (χ3v) is 2.76. The van der Waals surface area contributed by atoms with Gasteiger partial charge in [0.15, 0.2) is 0 Å². The summed E-state index contributed by atoms with van der Waals surface area (Å²) in [5, 5.41) is 0. The van der Waals surface area contributed by atoms with Gasteiger partial charge in [-0.15, -0.1) is 0 Å². The lowest BCUT2D eigenvalue weighted by atomic mass is 10.00. The third-order valence-electron chi connectivity index (χ3n) is 2.76. The van der Waals surface area contributed by atoms with Crippen LogP contribution in [0, 0.1) is 0 Å². The zero-order valence-electron chi connectivity index (χ0n) is 11.3. The number of hydrogen-bond donors (Lipinski definition) is 0. The molecule has 0 unspecified atom stereocenters. The largest absolute Gasteiger partial charge is 0.371 e. The minimum Gasteiger partial charge on any atom is -0.371 e. The van der Waals surface area contributed by atoms with Crippen molar-refractivity contribution in [2.24, 2.45) is 0 Å². The molecule has 0 amide bonds. The molecule has 0 radical (unpaired) electrons. The summed E-state index contributed by atoms with van der Waals surface area (Å²) in [7, 11) is 0. The molecular formula is C17H20O. The molecule has 0 spiro atoms. The van der Waals surface area contributed by atoms with Gasteiger partial charge in [-0.3, -0.25) is 0 Å². The molecule has 0 atom stereocenters. The molecule has 2 aromatic carbocycles. The second-order valence-corrected chi connectivity index (χ2v) is 5.42. The molecule has 0 aromatic heterocycles. The van der Waals surface area contributed by atoms with E-state index in [9.17, 15) is 0 Å². The van der Waals surface area contributed by atoms with Crippen LogP contribution in [0.2, 0.25) is 0 Å². The topological polar surface area (TPSA) is 9.23 Å². The maximum Gasteiger partial charge on any atom is 0.0730 e. The Morgan fingerprint density at radius 1 is 0.833 bits per heavy atom. The van der Waals surface area contributed by atoms with Gasteiger partial charge in [0.1, 0.15) is 0 Å². The molecule has 0 N–H and O–H groups in total. The van der Waals surface area contributed by atoms with Crippen LogP contribution in [0.15, 0.2) is 54.6 Å². The predicted molar refractivity (Wildman–Crippen MR) is 76.4 cm³/mol. The van der Waals surface area contributed by atoms with Crippen LogP contribution in [-0.2, 0) is 11.3 Å². The summed E-state index contributed by atoms with van der Waals surface area (Å²) < 4.78 is 5.88. The number of ether oxygens (including phenoxy) is 1. The highest BCUT2D eigenvalue weighted by Gasteiger charge is 2.12. The predicted octanol–water partition coefficient (Wildman–Crippen LogP) is 4.67. The molecule has 0 saturated heterocycles. The second kappa shape index (κ2) is 5.36. The van der Waals surface area contributed by atoms with Crippen molar-refractivity contribution in [2.45, 2.75) is 33.0 Å². The molecule has 0 aliphatic heterocycles. The third kappa shape index (κ3) is 3.44. The zero-order valence-corrected chi connectivity index (χ0v) is 11.3. The second-order valence-electron chi connectivity index (χ2n) is 5.42. The summed E-state index contributed by atoms with van der Waals surface area (Å²) >= 11 is 0. The fourth-order valence-corrected chi connectivity index (χ4v) is 1.84. The first kappa shape index (κ1) is 12.8. The molecule has 94 valence electrons. The van der Waals surface area contributed by atoms with Crippen molar-refractivity contribution in [1.29, 1.82) is 0 Å². The van der Waals surface area contributed by atoms with Crippen molar-refractivity contribution in [3.8, 4) is 11.1 Å². The van der Waals surface area contributed by atoms with E-state index in [1.807, 2.05) is 6.07 Å². The lowest BCUT2D eigenvalue weighted by Crippen LogP contribution is -2.18. The van der Waals surface area contributed by atoms with E-state index in [1.165, 1.54) is 16.7 Å². The fraction of sp³-hybridized carbons (Fsp3) is 0.294. The summed E-state index contributed by atoms with van der Waals surface area (Å²) in [5.41, 5.74) is 3.62. The average molecular weight is 240 g/mol. The van der Waals surface area contributed by atoms with Gasteiger partial charge in [0.25, 0.3) is 0 Å².